The number of carbonyl (C=O) groups is 2. The van der Waals surface area contributed by atoms with Gasteiger partial charge in [-0.1, -0.05) is 103 Å². The van der Waals surface area contributed by atoms with Crippen LogP contribution in [0.4, 0.5) is 4.79 Å². The molecule has 52 heavy (non-hydrogen) atoms. The fraction of sp³-hybridized carbons (Fsp3) is 0.167. The Labute approximate surface area is 308 Å². The zero-order chi connectivity index (χ0) is 35.5. The monoisotopic (exact) mass is 724 g/mol. The van der Waals surface area contributed by atoms with Crippen molar-refractivity contribution in [3.63, 3.8) is 0 Å². The molecule has 0 fully saturated rings. The van der Waals surface area contributed by atoms with E-state index >= 15 is 0 Å². The topological polar surface area (TPSA) is 87.4 Å². The maximum atomic E-state index is 13.3. The summed E-state index contributed by atoms with van der Waals surface area (Å²) in [4.78, 5) is 29.8. The second kappa shape index (κ2) is 14.6. The number of rotatable bonds is 13. The molecule has 5 aromatic carbocycles. The summed E-state index contributed by atoms with van der Waals surface area (Å²) in [6, 6.07) is 42.1. The van der Waals surface area contributed by atoms with Crippen LogP contribution in [0.15, 0.2) is 138 Å². The second-order valence-electron chi connectivity index (χ2n) is 12.9. The summed E-state index contributed by atoms with van der Waals surface area (Å²) >= 11 is 3.38. The lowest BCUT2D eigenvalue weighted by molar-refractivity contribution is -0.137. The normalized spacial score (nSPS) is 11.8. The zero-order valence-electron chi connectivity index (χ0n) is 28.4. The largest absolute Gasteiger partial charge is 0.461 e. The summed E-state index contributed by atoms with van der Waals surface area (Å²) in [5.74, 6) is 0.0667. The summed E-state index contributed by atoms with van der Waals surface area (Å²) in [7, 11) is 0. The lowest BCUT2D eigenvalue weighted by Crippen LogP contribution is -2.41. The van der Waals surface area contributed by atoms with Gasteiger partial charge in [-0.25, -0.2) is 14.6 Å². The van der Waals surface area contributed by atoms with Crippen LogP contribution < -0.4 is 5.32 Å². The summed E-state index contributed by atoms with van der Waals surface area (Å²) in [5, 5.41) is 7.46. The summed E-state index contributed by atoms with van der Waals surface area (Å²) in [6.45, 7) is 4.79. The van der Waals surface area contributed by atoms with E-state index in [1.165, 1.54) is 21.5 Å². The fourth-order valence-corrected chi connectivity index (χ4v) is 9.29. The van der Waals surface area contributed by atoms with Crippen LogP contribution in [0.25, 0.3) is 53.8 Å². The van der Waals surface area contributed by atoms with Crippen LogP contribution in [0, 0.1) is 5.41 Å². The average Bonchev–Trinajstić information content (AvgIpc) is 3.85. The number of aromatic nitrogens is 3. The Morgan fingerprint density at radius 1 is 0.731 bits per heavy atom. The molecule has 0 radical (unpaired) electrons. The Morgan fingerprint density at radius 3 is 1.75 bits per heavy atom. The van der Waals surface area contributed by atoms with Crippen LogP contribution in [-0.2, 0) is 27.4 Å². The molecule has 1 amide bonds. The third kappa shape index (κ3) is 6.63. The second-order valence-corrected chi connectivity index (χ2v) is 15.1. The number of benzene rings is 5. The molecular weight excluding hydrogens is 689 g/mol. The molecule has 3 aromatic heterocycles. The molecule has 10 heteroatoms. The maximum Gasteiger partial charge on any atom is 0.407 e. The highest BCUT2D eigenvalue weighted by Crippen LogP contribution is 2.40. The smallest absolute Gasteiger partial charge is 0.407 e. The Kier molecular flexibility index (Phi) is 9.40. The van der Waals surface area contributed by atoms with Crippen LogP contribution in [0.3, 0.4) is 0 Å². The van der Waals surface area contributed by atoms with Gasteiger partial charge in [0.1, 0.15) is 13.2 Å². The molecule has 260 valence electrons. The van der Waals surface area contributed by atoms with Crippen LogP contribution in [-0.4, -0.2) is 51.7 Å². The Bertz CT molecular complexity index is 2330. The number of fused-ring (bicyclic) bond motifs is 7. The van der Waals surface area contributed by atoms with E-state index in [4.69, 9.17) is 14.5 Å². The molecule has 8 nitrogen and oxygen atoms in total. The third-order valence-corrected chi connectivity index (χ3v) is 11.9. The molecule has 8 rings (SSSR count). The van der Waals surface area contributed by atoms with E-state index in [1.807, 2.05) is 18.2 Å². The molecule has 0 aliphatic heterocycles. The van der Waals surface area contributed by atoms with Gasteiger partial charge in [0.15, 0.2) is 4.34 Å². The van der Waals surface area contributed by atoms with Crippen molar-refractivity contribution in [2.45, 2.75) is 17.4 Å². The van der Waals surface area contributed by atoms with E-state index in [-0.39, 0.29) is 19.8 Å². The van der Waals surface area contributed by atoms with Crippen molar-refractivity contribution < 1.29 is 19.1 Å². The van der Waals surface area contributed by atoms with Crippen LogP contribution in [0.1, 0.15) is 0 Å². The lowest BCUT2D eigenvalue weighted by Gasteiger charge is -2.35. The van der Waals surface area contributed by atoms with Gasteiger partial charge in [0.2, 0.25) is 0 Å². The van der Waals surface area contributed by atoms with Crippen molar-refractivity contribution >= 4 is 89.0 Å². The fourth-order valence-electron chi connectivity index (χ4n) is 7.05. The van der Waals surface area contributed by atoms with Crippen molar-refractivity contribution in [2.24, 2.45) is 5.41 Å². The molecule has 0 saturated carbocycles. The molecular formula is C42H36N4O4S2. The molecule has 0 aliphatic carbocycles. The zero-order valence-corrected chi connectivity index (χ0v) is 30.0. The number of amides is 1. The molecule has 0 atom stereocenters. The van der Waals surface area contributed by atoms with Gasteiger partial charge in [0, 0.05) is 73.9 Å². The molecule has 0 bridgehead atoms. The van der Waals surface area contributed by atoms with Gasteiger partial charge in [0.05, 0.1) is 16.8 Å². The number of hydrogen-bond acceptors (Lipinski definition) is 7. The number of alkyl carbamates (subject to hydrolysis) is 1. The highest BCUT2D eigenvalue weighted by Gasteiger charge is 2.36. The minimum atomic E-state index is -0.635. The van der Waals surface area contributed by atoms with Crippen molar-refractivity contribution in [3.05, 3.63) is 134 Å². The Balaban J connectivity index is 1.24. The van der Waals surface area contributed by atoms with Crippen molar-refractivity contribution in [1.82, 2.24) is 19.4 Å². The molecule has 8 aromatic rings. The Hall–Kier alpha value is -5.58. The number of thioether (sulfide) groups is 1. The number of nitrogens with zero attached hydrogens (tertiary/aromatic N) is 3. The van der Waals surface area contributed by atoms with Crippen molar-refractivity contribution in [3.8, 4) is 0 Å². The molecule has 3 heterocycles. The molecule has 0 aliphatic rings. The van der Waals surface area contributed by atoms with Gasteiger partial charge >= 0.3 is 12.1 Å². The number of esters is 1. The maximum absolute atomic E-state index is 13.3. The number of para-hydroxylation sites is 5. The lowest BCUT2D eigenvalue weighted by atomic mass is 9.90. The van der Waals surface area contributed by atoms with E-state index in [2.05, 4.69) is 124 Å². The quantitative estimate of drug-likeness (QED) is 0.0552. The molecule has 0 unspecified atom stereocenters. The minimum Gasteiger partial charge on any atom is -0.461 e. The van der Waals surface area contributed by atoms with E-state index in [1.54, 1.807) is 23.1 Å². The molecule has 1 N–H and O–H groups in total. The first-order valence-electron chi connectivity index (χ1n) is 17.1. The van der Waals surface area contributed by atoms with Gasteiger partial charge in [0.25, 0.3) is 0 Å². The summed E-state index contributed by atoms with van der Waals surface area (Å²) in [5.41, 5.74) is 4.81. The number of hydrogen-bond donors (Lipinski definition) is 1. The molecule has 0 saturated heterocycles. The van der Waals surface area contributed by atoms with E-state index in [0.717, 1.165) is 42.7 Å². The summed E-state index contributed by atoms with van der Waals surface area (Å²) < 4.78 is 18.1. The van der Waals surface area contributed by atoms with Gasteiger partial charge < -0.3 is 23.9 Å². The SMILES string of the molecule is C=CC(=O)OCCNC(=O)OCC(CSc1nc2ccccc2s1)(Cn1c2ccccc2c2ccccc21)Cn1c2ccccc2c2ccccc21. The number of ether oxygens (including phenoxy) is 2. The van der Waals surface area contributed by atoms with E-state index in [9.17, 15) is 9.59 Å². The van der Waals surface area contributed by atoms with Gasteiger partial charge in [-0.05, 0) is 36.4 Å². The van der Waals surface area contributed by atoms with Gasteiger partial charge in [-0.2, -0.15) is 0 Å². The molecule has 0 spiro atoms. The number of carbonyl (C=O) groups excluding carboxylic acids is 2. The first-order chi connectivity index (χ1) is 25.5. The average molecular weight is 725 g/mol. The van der Waals surface area contributed by atoms with Gasteiger partial charge in [-0.15, -0.1) is 11.3 Å². The minimum absolute atomic E-state index is 0.0151. The van der Waals surface area contributed by atoms with Crippen LogP contribution in [0.2, 0.25) is 0 Å². The van der Waals surface area contributed by atoms with Crippen LogP contribution in [0.5, 0.6) is 0 Å². The predicted octanol–water partition coefficient (Wildman–Crippen LogP) is 9.45. The first kappa shape index (κ1) is 33.6. The number of nitrogens with one attached hydrogen (secondary N) is 1. The third-order valence-electron chi connectivity index (χ3n) is 9.41. The highest BCUT2D eigenvalue weighted by molar-refractivity contribution is 8.01. The van der Waals surface area contributed by atoms with Crippen molar-refractivity contribution in [1.29, 1.82) is 0 Å². The van der Waals surface area contributed by atoms with E-state index < -0.39 is 17.5 Å². The highest BCUT2D eigenvalue weighted by atomic mass is 32.2. The van der Waals surface area contributed by atoms with Crippen LogP contribution >= 0.6 is 23.1 Å². The number of thiazole rings is 1. The Morgan fingerprint density at radius 2 is 1.23 bits per heavy atom. The predicted molar refractivity (Wildman–Crippen MR) is 212 cm³/mol. The first-order valence-corrected chi connectivity index (χ1v) is 18.9. The summed E-state index contributed by atoms with van der Waals surface area (Å²) in [6.07, 6.45) is 0.521. The van der Waals surface area contributed by atoms with Crippen molar-refractivity contribution in [2.75, 3.05) is 25.5 Å². The standard InChI is InChI=1S/C42H36N4O4S2/c1-2-39(47)49-24-23-43-40(48)50-27-42(28-51-41-44-33-17-7-12-22-38(33)52-41,25-45-34-18-8-3-13-29(34)30-14-4-9-19-35(30)45)26-46-36-20-10-5-15-31(36)32-16-6-11-21-37(32)46/h2-22H,1,23-28H2,(H,43,48). The van der Waals surface area contributed by atoms with E-state index in [0.29, 0.717) is 18.8 Å². The van der Waals surface area contributed by atoms with Gasteiger partial charge in [-0.3, -0.25) is 0 Å².